The summed E-state index contributed by atoms with van der Waals surface area (Å²) in [5, 5.41) is 1.78. The largest absolute Gasteiger partial charge is 0.358 e. The average molecular weight is 375 g/mol. The zero-order valence-corrected chi connectivity index (χ0v) is 15.4. The highest BCUT2D eigenvalue weighted by atomic mass is 35.5. The minimum atomic E-state index is -3.51. The molecule has 0 bridgehead atoms. The van der Waals surface area contributed by atoms with Crippen molar-refractivity contribution in [2.45, 2.75) is 37.1 Å². The highest BCUT2D eigenvalue weighted by Crippen LogP contribution is 2.31. The quantitative estimate of drug-likeness (QED) is 0.728. The first-order chi connectivity index (χ1) is 11.9. The molecule has 130 valence electrons. The summed E-state index contributed by atoms with van der Waals surface area (Å²) in [5.74, 6) is 0. The Morgan fingerprint density at radius 3 is 2.68 bits per heavy atom. The number of hydrogen-bond donors (Lipinski definition) is 2. The number of sulfonamides is 1. The summed E-state index contributed by atoms with van der Waals surface area (Å²) in [7, 11) is -3.51. The van der Waals surface area contributed by atoms with Gasteiger partial charge in [-0.3, -0.25) is 0 Å². The summed E-state index contributed by atoms with van der Waals surface area (Å²) in [6.45, 7) is 1.94. The van der Waals surface area contributed by atoms with Crippen LogP contribution in [0.1, 0.15) is 23.2 Å². The summed E-state index contributed by atoms with van der Waals surface area (Å²) in [4.78, 5) is 3.74. The molecule has 0 spiro atoms. The molecule has 0 aliphatic heterocycles. The van der Waals surface area contributed by atoms with Crippen molar-refractivity contribution >= 4 is 32.5 Å². The molecule has 1 unspecified atom stereocenters. The zero-order valence-electron chi connectivity index (χ0n) is 13.8. The molecule has 25 heavy (non-hydrogen) atoms. The first-order valence-electron chi connectivity index (χ1n) is 8.30. The van der Waals surface area contributed by atoms with Gasteiger partial charge in [-0.1, -0.05) is 29.3 Å². The Morgan fingerprint density at radius 2 is 1.92 bits per heavy atom. The molecule has 4 nitrogen and oxygen atoms in total. The molecule has 0 radical (unpaired) electrons. The third kappa shape index (κ3) is 3.19. The predicted molar refractivity (Wildman–Crippen MR) is 101 cm³/mol. The van der Waals surface area contributed by atoms with Crippen molar-refractivity contribution in [3.8, 4) is 0 Å². The molecule has 2 aromatic carbocycles. The molecule has 1 aliphatic rings. The Morgan fingerprint density at radius 1 is 1.16 bits per heavy atom. The molecular weight excluding hydrogens is 356 g/mol. The maximum absolute atomic E-state index is 12.6. The van der Waals surface area contributed by atoms with Crippen LogP contribution in [0.25, 0.3) is 10.9 Å². The molecule has 1 atom stereocenters. The molecule has 1 heterocycles. The van der Waals surface area contributed by atoms with Gasteiger partial charge in [-0.2, -0.15) is 0 Å². The van der Waals surface area contributed by atoms with E-state index >= 15 is 0 Å². The van der Waals surface area contributed by atoms with Crippen LogP contribution in [-0.2, 0) is 22.9 Å². The Bertz CT molecular complexity index is 1040. The second-order valence-corrected chi connectivity index (χ2v) is 8.80. The minimum Gasteiger partial charge on any atom is -0.358 e. The van der Waals surface area contributed by atoms with Crippen molar-refractivity contribution in [2.24, 2.45) is 0 Å². The third-order valence-corrected chi connectivity index (χ3v) is 6.57. The van der Waals surface area contributed by atoms with Crippen LogP contribution in [0, 0.1) is 6.92 Å². The summed E-state index contributed by atoms with van der Waals surface area (Å²) in [5.41, 5.74) is 4.44. The molecule has 0 fully saturated rings. The fraction of sp³-hybridized carbons (Fsp3) is 0.263. The number of benzene rings is 2. The smallest absolute Gasteiger partial charge is 0.240 e. The van der Waals surface area contributed by atoms with Crippen LogP contribution >= 0.6 is 11.6 Å². The first kappa shape index (κ1) is 16.6. The standard InChI is InChI=1S/C19H19ClN2O2S/c1-12-2-6-15(7-3-12)25(23,24)22-14-5-9-19-17(11-14)16-10-13(20)4-8-18(16)21-19/h2-4,6-8,10,14,21-22H,5,9,11H2,1H3. The molecule has 2 N–H and O–H groups in total. The van der Waals surface area contributed by atoms with Crippen molar-refractivity contribution in [3.05, 3.63) is 64.3 Å². The van der Waals surface area contributed by atoms with Gasteiger partial charge in [0.05, 0.1) is 4.90 Å². The van der Waals surface area contributed by atoms with Crippen LogP contribution in [0.2, 0.25) is 5.02 Å². The Kier molecular flexibility index (Phi) is 4.10. The fourth-order valence-corrected chi connectivity index (χ4v) is 4.94. The topological polar surface area (TPSA) is 62.0 Å². The monoisotopic (exact) mass is 374 g/mol. The first-order valence-corrected chi connectivity index (χ1v) is 10.2. The van der Waals surface area contributed by atoms with E-state index in [0.29, 0.717) is 16.3 Å². The fourth-order valence-electron chi connectivity index (χ4n) is 3.49. The van der Waals surface area contributed by atoms with E-state index < -0.39 is 10.0 Å². The Balaban J connectivity index is 1.61. The molecular formula is C19H19ClN2O2S. The molecule has 0 saturated heterocycles. The molecule has 3 aromatic rings. The van der Waals surface area contributed by atoms with Crippen LogP contribution in [-0.4, -0.2) is 19.4 Å². The normalized spacial score (nSPS) is 17.6. The van der Waals surface area contributed by atoms with Crippen molar-refractivity contribution in [1.82, 2.24) is 9.71 Å². The Hall–Kier alpha value is -1.82. The number of aryl methyl sites for hydroxylation is 2. The second-order valence-electron chi connectivity index (χ2n) is 6.65. The van der Waals surface area contributed by atoms with E-state index in [1.165, 1.54) is 11.3 Å². The lowest BCUT2D eigenvalue weighted by Crippen LogP contribution is -2.38. The van der Waals surface area contributed by atoms with Gasteiger partial charge in [-0.25, -0.2) is 13.1 Å². The second kappa shape index (κ2) is 6.16. The van der Waals surface area contributed by atoms with Crippen molar-refractivity contribution in [2.75, 3.05) is 0 Å². The number of nitrogens with one attached hydrogen (secondary N) is 2. The van der Waals surface area contributed by atoms with Gasteiger partial charge in [0.25, 0.3) is 0 Å². The third-order valence-electron chi connectivity index (χ3n) is 4.80. The molecule has 1 aliphatic carbocycles. The van der Waals surface area contributed by atoms with E-state index in [9.17, 15) is 8.42 Å². The van der Waals surface area contributed by atoms with Crippen LogP contribution in [0.3, 0.4) is 0 Å². The van der Waals surface area contributed by atoms with E-state index in [1.807, 2.05) is 37.3 Å². The average Bonchev–Trinajstić information content (AvgIpc) is 2.92. The number of H-pyrrole nitrogens is 1. The maximum atomic E-state index is 12.6. The van der Waals surface area contributed by atoms with E-state index in [0.717, 1.165) is 29.3 Å². The van der Waals surface area contributed by atoms with Gasteiger partial charge in [-0.05, 0) is 62.1 Å². The maximum Gasteiger partial charge on any atom is 0.240 e. The van der Waals surface area contributed by atoms with E-state index in [2.05, 4.69) is 9.71 Å². The number of aromatic nitrogens is 1. The zero-order chi connectivity index (χ0) is 17.6. The van der Waals surface area contributed by atoms with Crippen molar-refractivity contribution in [3.63, 3.8) is 0 Å². The number of rotatable bonds is 3. The predicted octanol–water partition coefficient (Wildman–Crippen LogP) is 3.97. The van der Waals surface area contributed by atoms with E-state index in [-0.39, 0.29) is 6.04 Å². The van der Waals surface area contributed by atoms with Crippen molar-refractivity contribution in [1.29, 1.82) is 0 Å². The van der Waals surface area contributed by atoms with Gasteiger partial charge >= 0.3 is 0 Å². The van der Waals surface area contributed by atoms with Crippen LogP contribution < -0.4 is 4.72 Å². The van der Waals surface area contributed by atoms with Gasteiger partial charge in [0.15, 0.2) is 0 Å². The molecule has 1 aromatic heterocycles. The lowest BCUT2D eigenvalue weighted by molar-refractivity contribution is 0.506. The van der Waals surface area contributed by atoms with Crippen LogP contribution in [0.5, 0.6) is 0 Å². The van der Waals surface area contributed by atoms with Gasteiger partial charge in [-0.15, -0.1) is 0 Å². The number of halogens is 1. The molecule has 0 saturated carbocycles. The lowest BCUT2D eigenvalue weighted by Gasteiger charge is -2.23. The summed E-state index contributed by atoms with van der Waals surface area (Å²) >= 11 is 6.13. The highest BCUT2D eigenvalue weighted by molar-refractivity contribution is 7.89. The SMILES string of the molecule is Cc1ccc(S(=O)(=O)NC2CCc3[nH]c4ccc(Cl)cc4c3C2)cc1. The van der Waals surface area contributed by atoms with E-state index in [1.54, 1.807) is 12.1 Å². The van der Waals surface area contributed by atoms with Gasteiger partial charge in [0, 0.05) is 27.7 Å². The Labute approximate surface area is 152 Å². The van der Waals surface area contributed by atoms with Gasteiger partial charge in [0.2, 0.25) is 10.0 Å². The summed E-state index contributed by atoms with van der Waals surface area (Å²) in [6.07, 6.45) is 2.27. The molecule has 6 heteroatoms. The highest BCUT2D eigenvalue weighted by Gasteiger charge is 2.26. The number of aromatic amines is 1. The van der Waals surface area contributed by atoms with Gasteiger partial charge in [0.1, 0.15) is 0 Å². The van der Waals surface area contributed by atoms with Gasteiger partial charge < -0.3 is 4.98 Å². The van der Waals surface area contributed by atoms with Crippen LogP contribution in [0.4, 0.5) is 0 Å². The molecule has 4 rings (SSSR count). The van der Waals surface area contributed by atoms with E-state index in [4.69, 9.17) is 11.6 Å². The number of hydrogen-bond acceptors (Lipinski definition) is 2. The number of fused-ring (bicyclic) bond motifs is 3. The van der Waals surface area contributed by atoms with Crippen molar-refractivity contribution < 1.29 is 8.42 Å². The summed E-state index contributed by atoms with van der Waals surface area (Å²) < 4.78 is 28.1. The lowest BCUT2D eigenvalue weighted by atomic mass is 9.92. The van der Waals surface area contributed by atoms with Crippen LogP contribution in [0.15, 0.2) is 47.4 Å². The molecule has 0 amide bonds. The minimum absolute atomic E-state index is 0.114. The summed E-state index contributed by atoms with van der Waals surface area (Å²) in [6, 6.07) is 12.6.